The lowest BCUT2D eigenvalue weighted by molar-refractivity contribution is 0.0753. The van der Waals surface area contributed by atoms with Crippen LogP contribution in [0.25, 0.3) is 0 Å². The molecule has 0 spiro atoms. The van der Waals surface area contributed by atoms with Gasteiger partial charge in [-0.3, -0.25) is 4.79 Å². The molecule has 4 nitrogen and oxygen atoms in total. The number of halogens is 2. The van der Waals surface area contributed by atoms with Crippen LogP contribution in [0.3, 0.4) is 0 Å². The highest BCUT2D eigenvalue weighted by atomic mass is 35.5. The van der Waals surface area contributed by atoms with Gasteiger partial charge in [-0.15, -0.1) is 36.2 Å². The molecule has 1 aromatic heterocycles. The zero-order valence-electron chi connectivity index (χ0n) is 14.6. The van der Waals surface area contributed by atoms with Gasteiger partial charge in [-0.25, -0.2) is 4.98 Å². The molecular weight excluding hydrogens is 389 g/mol. The Morgan fingerprint density at radius 1 is 1.12 bits per heavy atom. The second-order valence-corrected chi connectivity index (χ2v) is 7.78. The lowest BCUT2D eigenvalue weighted by Crippen LogP contribution is -2.33. The largest absolute Gasteiger partial charge is 0.337 e. The molecule has 0 aliphatic carbocycles. The number of carbonyl (C=O) groups is 1. The zero-order valence-corrected chi connectivity index (χ0v) is 17.0. The van der Waals surface area contributed by atoms with Crippen LogP contribution < -0.4 is 5.32 Å². The first kappa shape index (κ1) is 21.2. The fraction of sp³-hybridized carbons (Fsp3) is 0.474. The third kappa shape index (κ3) is 4.77. The number of hydrogen-bond donors (Lipinski definition) is 1. The van der Waals surface area contributed by atoms with E-state index in [0.717, 1.165) is 62.3 Å². The predicted octanol–water partition coefficient (Wildman–Crippen LogP) is 3.65. The van der Waals surface area contributed by atoms with Crippen LogP contribution in [0.15, 0.2) is 35.7 Å². The lowest BCUT2D eigenvalue weighted by atomic mass is 9.92. The maximum absolute atomic E-state index is 12.8. The van der Waals surface area contributed by atoms with Crippen molar-refractivity contribution in [1.29, 1.82) is 0 Å². The van der Waals surface area contributed by atoms with Crippen molar-refractivity contribution < 1.29 is 4.79 Å². The molecule has 2 atom stereocenters. The van der Waals surface area contributed by atoms with Gasteiger partial charge in [0.05, 0.1) is 5.01 Å². The maximum Gasteiger partial charge on any atom is 0.273 e. The molecule has 7 heteroatoms. The van der Waals surface area contributed by atoms with Gasteiger partial charge in [0.25, 0.3) is 5.91 Å². The highest BCUT2D eigenvalue weighted by Gasteiger charge is 2.32. The number of fused-ring (bicyclic) bond motifs is 1. The molecule has 1 amide bonds. The Balaban J connectivity index is 0.00000121. The molecule has 2 aliphatic heterocycles. The minimum atomic E-state index is 0. The number of rotatable bonds is 3. The quantitative estimate of drug-likeness (QED) is 0.834. The third-order valence-electron chi connectivity index (χ3n) is 5.28. The van der Waals surface area contributed by atoms with Gasteiger partial charge < -0.3 is 10.2 Å². The van der Waals surface area contributed by atoms with Crippen molar-refractivity contribution in [3.63, 3.8) is 0 Å². The summed E-state index contributed by atoms with van der Waals surface area (Å²) in [5, 5.41) is 6.42. The van der Waals surface area contributed by atoms with Gasteiger partial charge in [0.15, 0.2) is 0 Å². The topological polar surface area (TPSA) is 45.2 Å². The fourth-order valence-electron chi connectivity index (χ4n) is 3.84. The number of amides is 1. The van der Waals surface area contributed by atoms with E-state index in [0.29, 0.717) is 5.69 Å². The Labute approximate surface area is 171 Å². The Hall–Kier alpha value is -1.14. The minimum absolute atomic E-state index is 0. The predicted molar refractivity (Wildman–Crippen MR) is 111 cm³/mol. The van der Waals surface area contributed by atoms with E-state index >= 15 is 0 Å². The number of carbonyl (C=O) groups excluding carboxylic acids is 1. The van der Waals surface area contributed by atoms with Crippen molar-refractivity contribution in [3.05, 3.63) is 52.0 Å². The monoisotopic (exact) mass is 413 g/mol. The number of thiazole rings is 1. The lowest BCUT2D eigenvalue weighted by Gasteiger charge is -2.19. The van der Waals surface area contributed by atoms with Crippen LogP contribution in [0.2, 0.25) is 0 Å². The van der Waals surface area contributed by atoms with E-state index in [-0.39, 0.29) is 30.7 Å². The molecule has 0 bridgehead atoms. The molecule has 142 valence electrons. The maximum atomic E-state index is 12.8. The molecule has 0 saturated carbocycles. The highest BCUT2D eigenvalue weighted by molar-refractivity contribution is 7.09. The van der Waals surface area contributed by atoms with Crippen LogP contribution in [0, 0.1) is 11.8 Å². The van der Waals surface area contributed by atoms with Crippen molar-refractivity contribution in [2.24, 2.45) is 11.8 Å². The Morgan fingerprint density at radius 3 is 2.42 bits per heavy atom. The second-order valence-electron chi connectivity index (χ2n) is 6.84. The van der Waals surface area contributed by atoms with Gasteiger partial charge in [0, 0.05) is 24.9 Å². The van der Waals surface area contributed by atoms with E-state index in [1.54, 1.807) is 11.3 Å². The Morgan fingerprint density at radius 2 is 1.77 bits per heavy atom. The number of aromatic nitrogens is 1. The smallest absolute Gasteiger partial charge is 0.273 e. The summed E-state index contributed by atoms with van der Waals surface area (Å²) in [6, 6.07) is 10.3. The summed E-state index contributed by atoms with van der Waals surface area (Å²) < 4.78 is 0. The van der Waals surface area contributed by atoms with Crippen LogP contribution in [0.1, 0.15) is 33.9 Å². The first-order valence-electron chi connectivity index (χ1n) is 8.78. The summed E-state index contributed by atoms with van der Waals surface area (Å²) >= 11 is 1.59. The fourth-order valence-corrected chi connectivity index (χ4v) is 4.65. The number of hydrogen-bond acceptors (Lipinski definition) is 4. The van der Waals surface area contributed by atoms with Crippen LogP contribution in [-0.2, 0) is 6.42 Å². The average molecular weight is 414 g/mol. The van der Waals surface area contributed by atoms with Crippen molar-refractivity contribution in [1.82, 2.24) is 15.2 Å². The molecule has 1 aromatic carbocycles. The summed E-state index contributed by atoms with van der Waals surface area (Å²) in [6.07, 6.45) is 3.03. The molecule has 1 N–H and O–H groups in total. The minimum Gasteiger partial charge on any atom is -0.337 e. The van der Waals surface area contributed by atoms with Crippen LogP contribution in [-0.4, -0.2) is 42.0 Å². The number of likely N-dealkylation sites (tertiary alicyclic amines) is 1. The number of nitrogens with one attached hydrogen (secondary N) is 1. The Kier molecular flexibility index (Phi) is 7.89. The van der Waals surface area contributed by atoms with Crippen LogP contribution in [0.4, 0.5) is 0 Å². The molecule has 0 unspecified atom stereocenters. The van der Waals surface area contributed by atoms with Crippen molar-refractivity contribution in [2.45, 2.75) is 19.3 Å². The molecular formula is C19H25Cl2N3OS. The van der Waals surface area contributed by atoms with E-state index in [4.69, 9.17) is 0 Å². The van der Waals surface area contributed by atoms with Crippen molar-refractivity contribution in [3.8, 4) is 0 Å². The first-order valence-corrected chi connectivity index (χ1v) is 9.66. The van der Waals surface area contributed by atoms with E-state index in [9.17, 15) is 4.79 Å². The normalized spacial score (nSPS) is 21.9. The standard InChI is InChI=1S/C19H23N3OS.2ClH/c23-19(22-8-6-15-11-20-12-16(15)7-9-22)17-13-24-18(21-17)10-14-4-2-1-3-5-14;;/h1-5,13,15-16,20H,6-12H2;2*1H/t15-,16+;;. The second kappa shape index (κ2) is 9.70. The highest BCUT2D eigenvalue weighted by Crippen LogP contribution is 2.28. The van der Waals surface area contributed by atoms with E-state index in [1.807, 2.05) is 28.5 Å². The van der Waals surface area contributed by atoms with Gasteiger partial charge in [0.2, 0.25) is 0 Å². The molecule has 2 aromatic rings. The molecule has 0 radical (unpaired) electrons. The first-order chi connectivity index (χ1) is 11.8. The number of benzene rings is 1. The van der Waals surface area contributed by atoms with Crippen molar-refractivity contribution >= 4 is 42.1 Å². The average Bonchev–Trinajstić information content (AvgIpc) is 3.21. The molecule has 2 fully saturated rings. The SMILES string of the molecule is Cl.Cl.O=C(c1csc(Cc2ccccc2)n1)N1CC[C@@H]2CNC[C@@H]2CC1. The van der Waals surface area contributed by atoms with E-state index in [2.05, 4.69) is 22.4 Å². The van der Waals surface area contributed by atoms with Gasteiger partial charge >= 0.3 is 0 Å². The van der Waals surface area contributed by atoms with Gasteiger partial charge in [0.1, 0.15) is 5.69 Å². The molecule has 2 aliphatic rings. The zero-order chi connectivity index (χ0) is 16.4. The van der Waals surface area contributed by atoms with Crippen LogP contribution >= 0.6 is 36.2 Å². The van der Waals surface area contributed by atoms with Gasteiger partial charge in [-0.1, -0.05) is 30.3 Å². The summed E-state index contributed by atoms with van der Waals surface area (Å²) in [6.45, 7) is 3.97. The summed E-state index contributed by atoms with van der Waals surface area (Å²) in [5.74, 6) is 1.59. The van der Waals surface area contributed by atoms with E-state index in [1.165, 1.54) is 5.56 Å². The van der Waals surface area contributed by atoms with Gasteiger partial charge in [-0.05, 0) is 43.3 Å². The van der Waals surface area contributed by atoms with Crippen LogP contribution in [0.5, 0.6) is 0 Å². The van der Waals surface area contributed by atoms with Crippen molar-refractivity contribution in [2.75, 3.05) is 26.2 Å². The van der Waals surface area contributed by atoms with E-state index < -0.39 is 0 Å². The van der Waals surface area contributed by atoms with Gasteiger partial charge in [-0.2, -0.15) is 0 Å². The summed E-state index contributed by atoms with van der Waals surface area (Å²) in [7, 11) is 0. The summed E-state index contributed by atoms with van der Waals surface area (Å²) in [4.78, 5) is 19.4. The Bertz CT molecular complexity index is 696. The molecule has 3 heterocycles. The molecule has 26 heavy (non-hydrogen) atoms. The number of nitrogens with zero attached hydrogens (tertiary/aromatic N) is 2. The summed E-state index contributed by atoms with van der Waals surface area (Å²) in [5.41, 5.74) is 1.86. The molecule has 2 saturated heterocycles. The molecule has 4 rings (SSSR count). The third-order valence-corrected chi connectivity index (χ3v) is 6.12.